The van der Waals surface area contributed by atoms with E-state index in [-0.39, 0.29) is 11.9 Å². The predicted octanol–water partition coefficient (Wildman–Crippen LogP) is 2.01. The van der Waals surface area contributed by atoms with Crippen molar-refractivity contribution in [3.63, 3.8) is 0 Å². The van der Waals surface area contributed by atoms with Gasteiger partial charge in [-0.15, -0.1) is 0 Å². The molecule has 0 aromatic heterocycles. The Balaban J connectivity index is 1.77. The summed E-state index contributed by atoms with van der Waals surface area (Å²) in [6, 6.07) is 4.76. The lowest BCUT2D eigenvalue weighted by Crippen LogP contribution is -2.44. The van der Waals surface area contributed by atoms with Gasteiger partial charge in [0.1, 0.15) is 5.82 Å². The normalized spacial score (nSPS) is 21.2. The Morgan fingerprint density at radius 1 is 1.56 bits per heavy atom. The Kier molecular flexibility index (Phi) is 5.12. The van der Waals surface area contributed by atoms with Crippen LogP contribution in [0.5, 0.6) is 0 Å². The molecule has 0 unspecified atom stereocenters. The van der Waals surface area contributed by atoms with Crippen LogP contribution < -0.4 is 5.32 Å². The minimum atomic E-state index is -0.220. The maximum atomic E-state index is 12.9. The molecule has 1 aliphatic heterocycles. The van der Waals surface area contributed by atoms with E-state index in [2.05, 4.69) is 33.2 Å². The highest BCUT2D eigenvalue weighted by Crippen LogP contribution is 2.17. The van der Waals surface area contributed by atoms with Gasteiger partial charge in [-0.05, 0) is 24.7 Å². The van der Waals surface area contributed by atoms with Crippen molar-refractivity contribution >= 4 is 15.9 Å². The number of ether oxygens (including phenoxy) is 1. The van der Waals surface area contributed by atoms with Crippen molar-refractivity contribution in [2.45, 2.75) is 12.6 Å². The maximum Gasteiger partial charge on any atom is 0.124 e. The van der Waals surface area contributed by atoms with Crippen molar-refractivity contribution in [3.8, 4) is 0 Å². The molecule has 1 aromatic carbocycles. The molecule has 3 nitrogen and oxygen atoms in total. The molecule has 0 spiro atoms. The molecule has 1 atom stereocenters. The van der Waals surface area contributed by atoms with Crippen molar-refractivity contribution in [2.75, 3.05) is 33.3 Å². The largest absolute Gasteiger partial charge is 0.374 e. The summed E-state index contributed by atoms with van der Waals surface area (Å²) in [5.74, 6) is -0.220. The molecule has 1 N–H and O–H groups in total. The van der Waals surface area contributed by atoms with Gasteiger partial charge in [-0.2, -0.15) is 0 Å². The number of morpholine rings is 1. The summed E-state index contributed by atoms with van der Waals surface area (Å²) in [7, 11) is 2.10. The molecule has 1 aromatic rings. The van der Waals surface area contributed by atoms with Crippen molar-refractivity contribution in [1.29, 1.82) is 0 Å². The fourth-order valence-corrected chi connectivity index (χ4v) is 2.51. The van der Waals surface area contributed by atoms with Crippen LogP contribution in [-0.2, 0) is 11.3 Å². The summed E-state index contributed by atoms with van der Waals surface area (Å²) in [5.41, 5.74) is 1.06. The van der Waals surface area contributed by atoms with Gasteiger partial charge in [0.15, 0.2) is 0 Å². The van der Waals surface area contributed by atoms with Gasteiger partial charge >= 0.3 is 0 Å². The van der Waals surface area contributed by atoms with E-state index in [9.17, 15) is 4.39 Å². The molecule has 0 saturated carbocycles. The van der Waals surface area contributed by atoms with Gasteiger partial charge in [0, 0.05) is 30.7 Å². The second-order valence-corrected chi connectivity index (χ2v) is 5.48. The van der Waals surface area contributed by atoms with E-state index in [0.29, 0.717) is 6.54 Å². The number of hydrogen-bond acceptors (Lipinski definition) is 3. The van der Waals surface area contributed by atoms with Crippen LogP contribution in [0.1, 0.15) is 5.56 Å². The zero-order valence-corrected chi connectivity index (χ0v) is 12.0. The van der Waals surface area contributed by atoms with Crippen LogP contribution in [0.4, 0.5) is 4.39 Å². The molecule has 18 heavy (non-hydrogen) atoms. The molecule has 0 bridgehead atoms. The first-order valence-electron chi connectivity index (χ1n) is 6.10. The first-order valence-corrected chi connectivity index (χ1v) is 6.89. The van der Waals surface area contributed by atoms with Gasteiger partial charge in [-0.3, -0.25) is 0 Å². The van der Waals surface area contributed by atoms with Crippen LogP contribution in [0.15, 0.2) is 22.7 Å². The fraction of sp³-hybridized carbons (Fsp3) is 0.538. The minimum absolute atomic E-state index is 0.220. The average Bonchev–Trinajstić information content (AvgIpc) is 2.32. The van der Waals surface area contributed by atoms with Crippen LogP contribution in [0, 0.1) is 5.82 Å². The fourth-order valence-electron chi connectivity index (χ4n) is 2.02. The number of hydrogen-bond donors (Lipinski definition) is 1. The molecule has 0 aliphatic carbocycles. The van der Waals surface area contributed by atoms with E-state index in [1.54, 1.807) is 6.07 Å². The van der Waals surface area contributed by atoms with E-state index in [4.69, 9.17) is 4.74 Å². The summed E-state index contributed by atoms with van der Waals surface area (Å²) < 4.78 is 19.4. The molecule has 1 aliphatic rings. The molecular formula is C13H18BrFN2O. The average molecular weight is 317 g/mol. The van der Waals surface area contributed by atoms with Crippen LogP contribution >= 0.6 is 15.9 Å². The van der Waals surface area contributed by atoms with Gasteiger partial charge in [-0.1, -0.05) is 22.0 Å². The highest BCUT2D eigenvalue weighted by molar-refractivity contribution is 9.10. The van der Waals surface area contributed by atoms with Gasteiger partial charge in [0.25, 0.3) is 0 Å². The summed E-state index contributed by atoms with van der Waals surface area (Å²) in [5, 5.41) is 3.35. The highest BCUT2D eigenvalue weighted by atomic mass is 79.9. The minimum Gasteiger partial charge on any atom is -0.374 e. The number of rotatable bonds is 4. The van der Waals surface area contributed by atoms with Gasteiger partial charge < -0.3 is 15.0 Å². The molecular weight excluding hydrogens is 299 g/mol. The van der Waals surface area contributed by atoms with Gasteiger partial charge in [0.05, 0.1) is 12.7 Å². The summed E-state index contributed by atoms with van der Waals surface area (Å²) in [6.45, 7) is 4.28. The summed E-state index contributed by atoms with van der Waals surface area (Å²) >= 11 is 3.36. The standard InChI is InChI=1S/C13H18BrFN2O/c1-17-4-5-18-12(9-17)8-16-7-10-2-3-11(15)6-13(10)14/h2-3,6,12,16H,4-5,7-9H2,1H3/t12-/m1/s1. The molecule has 0 radical (unpaired) electrons. The Morgan fingerprint density at radius 3 is 3.11 bits per heavy atom. The number of likely N-dealkylation sites (N-methyl/N-ethyl adjacent to an activating group) is 1. The number of halogens is 2. The van der Waals surface area contributed by atoms with Gasteiger partial charge in [-0.25, -0.2) is 4.39 Å². The van der Waals surface area contributed by atoms with E-state index in [0.717, 1.165) is 36.3 Å². The number of nitrogens with one attached hydrogen (secondary N) is 1. The Hall–Kier alpha value is -0.490. The van der Waals surface area contributed by atoms with Crippen LogP contribution in [0.25, 0.3) is 0 Å². The molecule has 1 fully saturated rings. The van der Waals surface area contributed by atoms with Crippen LogP contribution in [0.2, 0.25) is 0 Å². The predicted molar refractivity (Wildman–Crippen MR) is 73.0 cm³/mol. The van der Waals surface area contributed by atoms with Crippen molar-refractivity contribution < 1.29 is 9.13 Å². The molecule has 1 heterocycles. The molecule has 5 heteroatoms. The third-order valence-corrected chi connectivity index (χ3v) is 3.78. The quantitative estimate of drug-likeness (QED) is 0.919. The first kappa shape index (κ1) is 13.9. The first-order chi connectivity index (χ1) is 8.65. The zero-order chi connectivity index (χ0) is 13.0. The Bertz CT molecular complexity index is 403. The molecule has 100 valence electrons. The smallest absolute Gasteiger partial charge is 0.124 e. The topological polar surface area (TPSA) is 24.5 Å². The molecule has 0 amide bonds. The molecule has 1 saturated heterocycles. The second kappa shape index (κ2) is 6.61. The SMILES string of the molecule is CN1CCO[C@H](CNCc2ccc(F)cc2Br)C1. The van der Waals surface area contributed by atoms with E-state index in [1.807, 2.05) is 0 Å². The lowest BCUT2D eigenvalue weighted by Gasteiger charge is -2.30. The third kappa shape index (κ3) is 4.02. The third-order valence-electron chi connectivity index (χ3n) is 3.04. The van der Waals surface area contributed by atoms with E-state index in [1.165, 1.54) is 12.1 Å². The number of benzene rings is 1. The van der Waals surface area contributed by atoms with Crippen molar-refractivity contribution in [2.24, 2.45) is 0 Å². The lowest BCUT2D eigenvalue weighted by atomic mass is 10.2. The van der Waals surface area contributed by atoms with E-state index < -0.39 is 0 Å². The van der Waals surface area contributed by atoms with E-state index >= 15 is 0 Å². The second-order valence-electron chi connectivity index (χ2n) is 4.62. The monoisotopic (exact) mass is 316 g/mol. The van der Waals surface area contributed by atoms with Crippen molar-refractivity contribution in [3.05, 3.63) is 34.1 Å². The van der Waals surface area contributed by atoms with Crippen LogP contribution in [-0.4, -0.2) is 44.3 Å². The number of nitrogens with zero attached hydrogens (tertiary/aromatic N) is 1. The van der Waals surface area contributed by atoms with Crippen LogP contribution in [0.3, 0.4) is 0 Å². The zero-order valence-electron chi connectivity index (χ0n) is 10.5. The lowest BCUT2D eigenvalue weighted by molar-refractivity contribution is -0.0182. The molecule has 2 rings (SSSR count). The summed E-state index contributed by atoms with van der Waals surface area (Å²) in [6.07, 6.45) is 0.239. The van der Waals surface area contributed by atoms with Crippen molar-refractivity contribution in [1.82, 2.24) is 10.2 Å². The van der Waals surface area contributed by atoms with Gasteiger partial charge in [0.2, 0.25) is 0 Å². The Labute approximate surface area is 115 Å². The maximum absolute atomic E-state index is 12.9. The Morgan fingerprint density at radius 2 is 2.39 bits per heavy atom. The summed E-state index contributed by atoms with van der Waals surface area (Å²) in [4.78, 5) is 2.27. The highest BCUT2D eigenvalue weighted by Gasteiger charge is 2.16.